The molecular formula is C16H23NO. The second kappa shape index (κ2) is 6.39. The Hall–Kier alpha value is -1.57. The summed E-state index contributed by atoms with van der Waals surface area (Å²) in [5.41, 5.74) is 3.28. The SMILES string of the molecule is CC.CCC(=O)c1cccc2c1c(CC)cn2C. The van der Waals surface area contributed by atoms with Gasteiger partial charge in [0.1, 0.15) is 0 Å². The average molecular weight is 245 g/mol. The predicted octanol–water partition coefficient (Wildman–Crippen LogP) is 4.36. The van der Waals surface area contributed by atoms with Gasteiger partial charge >= 0.3 is 0 Å². The number of Topliss-reactive ketones (excluding diaryl/α,β-unsaturated/α-hetero) is 1. The molecule has 2 rings (SSSR count). The molecule has 0 aliphatic rings. The maximum absolute atomic E-state index is 11.9. The van der Waals surface area contributed by atoms with Crippen molar-refractivity contribution in [1.29, 1.82) is 0 Å². The molecule has 0 radical (unpaired) electrons. The fourth-order valence-electron chi connectivity index (χ4n) is 2.23. The van der Waals surface area contributed by atoms with Gasteiger partial charge in [-0.05, 0) is 18.1 Å². The van der Waals surface area contributed by atoms with E-state index in [-0.39, 0.29) is 5.78 Å². The molecule has 1 aromatic carbocycles. The van der Waals surface area contributed by atoms with Gasteiger partial charge in [0.2, 0.25) is 0 Å². The van der Waals surface area contributed by atoms with Crippen LogP contribution in [0.25, 0.3) is 10.9 Å². The largest absolute Gasteiger partial charge is 0.350 e. The molecule has 0 fully saturated rings. The number of benzene rings is 1. The summed E-state index contributed by atoms with van der Waals surface area (Å²) in [7, 11) is 2.03. The highest BCUT2D eigenvalue weighted by atomic mass is 16.1. The van der Waals surface area contributed by atoms with Crippen molar-refractivity contribution in [3.63, 3.8) is 0 Å². The summed E-state index contributed by atoms with van der Waals surface area (Å²) in [6, 6.07) is 5.97. The van der Waals surface area contributed by atoms with Gasteiger partial charge < -0.3 is 4.57 Å². The second-order valence-electron chi connectivity index (χ2n) is 4.10. The van der Waals surface area contributed by atoms with E-state index in [0.29, 0.717) is 6.42 Å². The summed E-state index contributed by atoms with van der Waals surface area (Å²) in [6.07, 6.45) is 3.65. The van der Waals surface area contributed by atoms with Crippen LogP contribution in [-0.4, -0.2) is 10.4 Å². The number of aryl methyl sites for hydroxylation is 2. The first-order chi connectivity index (χ1) is 8.69. The minimum atomic E-state index is 0.228. The molecule has 0 saturated carbocycles. The molecule has 2 aromatic rings. The molecule has 2 heteroatoms. The Kier molecular flexibility index (Phi) is 5.14. The molecule has 18 heavy (non-hydrogen) atoms. The van der Waals surface area contributed by atoms with Gasteiger partial charge in [0.25, 0.3) is 0 Å². The summed E-state index contributed by atoms with van der Waals surface area (Å²) >= 11 is 0. The number of hydrogen-bond donors (Lipinski definition) is 0. The maximum Gasteiger partial charge on any atom is 0.163 e. The Morgan fingerprint density at radius 3 is 2.44 bits per heavy atom. The lowest BCUT2D eigenvalue weighted by molar-refractivity contribution is 0.0989. The second-order valence-corrected chi connectivity index (χ2v) is 4.10. The first-order valence-electron chi connectivity index (χ1n) is 6.79. The summed E-state index contributed by atoms with van der Waals surface area (Å²) < 4.78 is 2.10. The normalized spacial score (nSPS) is 10.1. The lowest BCUT2D eigenvalue weighted by atomic mass is 10.0. The highest BCUT2D eigenvalue weighted by Crippen LogP contribution is 2.25. The number of ketones is 1. The van der Waals surface area contributed by atoms with Crippen LogP contribution < -0.4 is 0 Å². The first kappa shape index (κ1) is 14.5. The van der Waals surface area contributed by atoms with Crippen molar-refractivity contribution >= 4 is 16.7 Å². The molecule has 0 atom stereocenters. The van der Waals surface area contributed by atoms with Gasteiger partial charge in [-0.25, -0.2) is 0 Å². The Labute approximate surface area is 110 Å². The molecular weight excluding hydrogens is 222 g/mol. The standard InChI is InChI=1S/C14H17NO.C2H6/c1-4-10-9-15(3)12-8-6-7-11(14(10)12)13(16)5-2;1-2/h6-9H,4-5H2,1-3H3;1-2H3. The van der Waals surface area contributed by atoms with E-state index in [0.717, 1.165) is 22.9 Å². The van der Waals surface area contributed by atoms with E-state index < -0.39 is 0 Å². The van der Waals surface area contributed by atoms with Crippen molar-refractivity contribution in [2.75, 3.05) is 0 Å². The van der Waals surface area contributed by atoms with Crippen LogP contribution in [0, 0.1) is 0 Å². The lowest BCUT2D eigenvalue weighted by Gasteiger charge is -2.03. The van der Waals surface area contributed by atoms with Crippen LogP contribution in [0.15, 0.2) is 24.4 Å². The molecule has 0 N–H and O–H groups in total. The van der Waals surface area contributed by atoms with Gasteiger partial charge in [0.05, 0.1) is 0 Å². The highest BCUT2D eigenvalue weighted by molar-refractivity contribution is 6.08. The molecule has 0 saturated heterocycles. The van der Waals surface area contributed by atoms with Crippen LogP contribution in [0.1, 0.15) is 50.0 Å². The molecule has 0 aliphatic heterocycles. The van der Waals surface area contributed by atoms with E-state index in [9.17, 15) is 4.79 Å². The molecule has 0 amide bonds. The van der Waals surface area contributed by atoms with E-state index in [1.165, 1.54) is 5.56 Å². The van der Waals surface area contributed by atoms with Crippen molar-refractivity contribution in [1.82, 2.24) is 4.57 Å². The van der Waals surface area contributed by atoms with E-state index in [1.807, 2.05) is 40.0 Å². The van der Waals surface area contributed by atoms with Crippen molar-refractivity contribution in [2.45, 2.75) is 40.5 Å². The first-order valence-corrected chi connectivity index (χ1v) is 6.79. The maximum atomic E-state index is 11.9. The van der Waals surface area contributed by atoms with Crippen molar-refractivity contribution < 1.29 is 4.79 Å². The van der Waals surface area contributed by atoms with Crippen LogP contribution >= 0.6 is 0 Å². The van der Waals surface area contributed by atoms with Crippen LogP contribution in [0.5, 0.6) is 0 Å². The number of hydrogen-bond acceptors (Lipinski definition) is 1. The van der Waals surface area contributed by atoms with Gasteiger partial charge in [-0.2, -0.15) is 0 Å². The fraction of sp³-hybridized carbons (Fsp3) is 0.438. The number of fused-ring (bicyclic) bond motifs is 1. The third kappa shape index (κ3) is 2.47. The third-order valence-corrected chi connectivity index (χ3v) is 3.10. The summed E-state index contributed by atoms with van der Waals surface area (Å²) in [4.78, 5) is 11.9. The Bertz CT molecular complexity index is 537. The quantitative estimate of drug-likeness (QED) is 0.736. The van der Waals surface area contributed by atoms with Crippen molar-refractivity contribution in [2.24, 2.45) is 7.05 Å². The van der Waals surface area contributed by atoms with E-state index >= 15 is 0 Å². The minimum absolute atomic E-state index is 0.228. The van der Waals surface area contributed by atoms with Gasteiger partial charge in [-0.3, -0.25) is 4.79 Å². The Morgan fingerprint density at radius 2 is 1.89 bits per heavy atom. The molecule has 1 aromatic heterocycles. The molecule has 0 bridgehead atoms. The third-order valence-electron chi connectivity index (χ3n) is 3.10. The topological polar surface area (TPSA) is 22.0 Å². The minimum Gasteiger partial charge on any atom is -0.350 e. The van der Waals surface area contributed by atoms with Gasteiger partial charge in [-0.1, -0.05) is 39.8 Å². The zero-order chi connectivity index (χ0) is 13.7. The summed E-state index contributed by atoms with van der Waals surface area (Å²) in [6.45, 7) is 8.04. The van der Waals surface area contributed by atoms with E-state index in [4.69, 9.17) is 0 Å². The number of carbonyl (C=O) groups excluding carboxylic acids is 1. The number of nitrogens with zero attached hydrogens (tertiary/aromatic N) is 1. The zero-order valence-electron chi connectivity index (χ0n) is 12.1. The van der Waals surface area contributed by atoms with Gasteiger partial charge in [0, 0.05) is 36.1 Å². The number of aromatic nitrogens is 1. The van der Waals surface area contributed by atoms with Gasteiger partial charge in [0.15, 0.2) is 5.78 Å². The number of rotatable bonds is 3. The van der Waals surface area contributed by atoms with E-state index in [1.54, 1.807) is 0 Å². The molecule has 0 spiro atoms. The smallest absolute Gasteiger partial charge is 0.163 e. The lowest BCUT2D eigenvalue weighted by Crippen LogP contribution is -1.98. The van der Waals surface area contributed by atoms with Crippen LogP contribution in [-0.2, 0) is 13.5 Å². The van der Waals surface area contributed by atoms with Crippen molar-refractivity contribution in [3.05, 3.63) is 35.5 Å². The van der Waals surface area contributed by atoms with E-state index in [2.05, 4.69) is 23.8 Å². The highest BCUT2D eigenvalue weighted by Gasteiger charge is 2.13. The monoisotopic (exact) mass is 245 g/mol. The van der Waals surface area contributed by atoms with Gasteiger partial charge in [-0.15, -0.1) is 0 Å². The molecule has 98 valence electrons. The van der Waals surface area contributed by atoms with Crippen LogP contribution in [0.3, 0.4) is 0 Å². The van der Waals surface area contributed by atoms with Crippen molar-refractivity contribution in [3.8, 4) is 0 Å². The summed E-state index contributed by atoms with van der Waals surface area (Å²) in [5.74, 6) is 0.228. The molecule has 2 nitrogen and oxygen atoms in total. The van der Waals surface area contributed by atoms with Crippen LogP contribution in [0.2, 0.25) is 0 Å². The molecule has 0 unspecified atom stereocenters. The van der Waals surface area contributed by atoms with Crippen LogP contribution in [0.4, 0.5) is 0 Å². The predicted molar refractivity (Wildman–Crippen MR) is 78.3 cm³/mol. The Morgan fingerprint density at radius 1 is 1.22 bits per heavy atom. The molecule has 0 aliphatic carbocycles. The fourth-order valence-corrected chi connectivity index (χ4v) is 2.23. The average Bonchev–Trinajstić information content (AvgIpc) is 2.77. The Balaban J connectivity index is 0.000000771. The molecule has 1 heterocycles. The zero-order valence-corrected chi connectivity index (χ0v) is 12.1. The number of carbonyl (C=O) groups is 1. The summed E-state index contributed by atoms with van der Waals surface area (Å²) in [5, 5.41) is 1.14.